The molecule has 0 aliphatic carbocycles. The summed E-state index contributed by atoms with van der Waals surface area (Å²) < 4.78 is 0. The summed E-state index contributed by atoms with van der Waals surface area (Å²) >= 11 is 0. The standard InChI is InChI=1S/C17H21NO/c1-2-14(13-18)17(19,15-9-5-3-6-10-15)16-11-7-4-8-12-16/h3-12,14,19H,2,13,18H2,1H3/t14-/m1/s1. The molecule has 0 spiro atoms. The van der Waals surface area contributed by atoms with Crippen molar-refractivity contribution in [1.29, 1.82) is 0 Å². The monoisotopic (exact) mass is 255 g/mol. The van der Waals surface area contributed by atoms with Crippen molar-refractivity contribution < 1.29 is 5.11 Å². The zero-order chi connectivity index (χ0) is 13.7. The van der Waals surface area contributed by atoms with Crippen molar-refractivity contribution in [3.63, 3.8) is 0 Å². The Morgan fingerprint density at radius 3 is 1.68 bits per heavy atom. The van der Waals surface area contributed by atoms with E-state index in [0.717, 1.165) is 17.5 Å². The molecule has 2 aromatic carbocycles. The van der Waals surface area contributed by atoms with Crippen LogP contribution in [0.25, 0.3) is 0 Å². The lowest BCUT2D eigenvalue weighted by atomic mass is 9.75. The number of hydrogen-bond donors (Lipinski definition) is 2. The normalized spacial score (nSPS) is 13.2. The van der Waals surface area contributed by atoms with Gasteiger partial charge in [0.15, 0.2) is 0 Å². The van der Waals surface area contributed by atoms with E-state index in [1.54, 1.807) is 0 Å². The second-order valence-corrected chi connectivity index (χ2v) is 4.84. The Balaban J connectivity index is 2.57. The average Bonchev–Trinajstić information content (AvgIpc) is 2.50. The van der Waals surface area contributed by atoms with Crippen LogP contribution < -0.4 is 5.73 Å². The number of aliphatic hydroxyl groups is 1. The van der Waals surface area contributed by atoms with Crippen molar-refractivity contribution in [3.8, 4) is 0 Å². The van der Waals surface area contributed by atoms with Crippen molar-refractivity contribution >= 4 is 0 Å². The number of hydrogen-bond acceptors (Lipinski definition) is 2. The third kappa shape index (κ3) is 2.55. The van der Waals surface area contributed by atoms with Crippen molar-refractivity contribution in [2.45, 2.75) is 18.9 Å². The van der Waals surface area contributed by atoms with E-state index >= 15 is 0 Å². The molecule has 0 saturated carbocycles. The van der Waals surface area contributed by atoms with Gasteiger partial charge in [0.05, 0.1) is 0 Å². The summed E-state index contributed by atoms with van der Waals surface area (Å²) in [6.07, 6.45) is 0.830. The summed E-state index contributed by atoms with van der Waals surface area (Å²) in [7, 11) is 0. The van der Waals surface area contributed by atoms with Gasteiger partial charge in [-0.3, -0.25) is 0 Å². The van der Waals surface area contributed by atoms with Gasteiger partial charge in [0.25, 0.3) is 0 Å². The maximum Gasteiger partial charge on any atom is 0.119 e. The summed E-state index contributed by atoms with van der Waals surface area (Å²) in [6, 6.07) is 19.6. The van der Waals surface area contributed by atoms with Gasteiger partial charge in [-0.2, -0.15) is 0 Å². The lowest BCUT2D eigenvalue weighted by molar-refractivity contribution is 0.0180. The van der Waals surface area contributed by atoms with Crippen LogP contribution in [0.1, 0.15) is 24.5 Å². The third-order valence-electron chi connectivity index (χ3n) is 3.80. The minimum absolute atomic E-state index is 0.00250. The predicted molar refractivity (Wildman–Crippen MR) is 78.7 cm³/mol. The Hall–Kier alpha value is -1.64. The van der Waals surface area contributed by atoms with Crippen LogP contribution in [0.2, 0.25) is 0 Å². The molecule has 0 aromatic heterocycles. The molecule has 3 N–H and O–H groups in total. The van der Waals surface area contributed by atoms with Gasteiger partial charge in [-0.25, -0.2) is 0 Å². The summed E-state index contributed by atoms with van der Waals surface area (Å²) in [5, 5.41) is 11.3. The summed E-state index contributed by atoms with van der Waals surface area (Å²) in [6.45, 7) is 2.52. The molecule has 0 unspecified atom stereocenters. The van der Waals surface area contributed by atoms with E-state index in [4.69, 9.17) is 5.73 Å². The topological polar surface area (TPSA) is 46.2 Å². The summed E-state index contributed by atoms with van der Waals surface area (Å²) in [4.78, 5) is 0. The van der Waals surface area contributed by atoms with Crippen LogP contribution in [0, 0.1) is 5.92 Å². The molecule has 0 heterocycles. The molecule has 1 atom stereocenters. The van der Waals surface area contributed by atoms with Gasteiger partial charge in [-0.15, -0.1) is 0 Å². The van der Waals surface area contributed by atoms with Gasteiger partial charge in [0.2, 0.25) is 0 Å². The van der Waals surface area contributed by atoms with E-state index in [1.807, 2.05) is 60.7 Å². The highest BCUT2D eigenvalue weighted by Crippen LogP contribution is 2.37. The highest BCUT2D eigenvalue weighted by Gasteiger charge is 2.38. The van der Waals surface area contributed by atoms with Gasteiger partial charge in [0.1, 0.15) is 5.60 Å². The van der Waals surface area contributed by atoms with Gasteiger partial charge >= 0.3 is 0 Å². The largest absolute Gasteiger partial charge is 0.380 e. The Morgan fingerprint density at radius 2 is 1.37 bits per heavy atom. The maximum absolute atomic E-state index is 11.3. The second kappa shape index (κ2) is 6.00. The first-order valence-corrected chi connectivity index (χ1v) is 6.77. The molecule has 2 aromatic rings. The highest BCUT2D eigenvalue weighted by atomic mass is 16.3. The minimum Gasteiger partial charge on any atom is -0.380 e. The van der Waals surface area contributed by atoms with Crippen molar-refractivity contribution in [2.24, 2.45) is 11.7 Å². The van der Waals surface area contributed by atoms with E-state index < -0.39 is 5.60 Å². The van der Waals surface area contributed by atoms with Crippen LogP contribution in [-0.4, -0.2) is 11.7 Å². The van der Waals surface area contributed by atoms with Crippen LogP contribution in [0.15, 0.2) is 60.7 Å². The van der Waals surface area contributed by atoms with E-state index in [9.17, 15) is 5.11 Å². The van der Waals surface area contributed by atoms with Crippen LogP contribution in [0.4, 0.5) is 0 Å². The Morgan fingerprint density at radius 1 is 0.947 bits per heavy atom. The number of rotatable bonds is 5. The first kappa shape index (κ1) is 13.8. The molecule has 2 rings (SSSR count). The predicted octanol–water partition coefficient (Wildman–Crippen LogP) is 2.91. The number of nitrogens with two attached hydrogens (primary N) is 1. The smallest absolute Gasteiger partial charge is 0.119 e. The molecular weight excluding hydrogens is 234 g/mol. The molecule has 0 aliphatic heterocycles. The second-order valence-electron chi connectivity index (χ2n) is 4.84. The Bertz CT molecular complexity index is 452. The van der Waals surface area contributed by atoms with Gasteiger partial charge in [0, 0.05) is 5.92 Å². The molecule has 0 fully saturated rings. The highest BCUT2D eigenvalue weighted by molar-refractivity contribution is 5.37. The average molecular weight is 255 g/mol. The fourth-order valence-electron chi connectivity index (χ4n) is 2.66. The molecule has 0 amide bonds. The van der Waals surface area contributed by atoms with Crippen LogP contribution in [0.5, 0.6) is 0 Å². The van der Waals surface area contributed by atoms with Crippen LogP contribution >= 0.6 is 0 Å². The molecule has 100 valence electrons. The zero-order valence-corrected chi connectivity index (χ0v) is 11.3. The fourth-order valence-corrected chi connectivity index (χ4v) is 2.66. The molecule has 2 nitrogen and oxygen atoms in total. The van der Waals surface area contributed by atoms with E-state index in [-0.39, 0.29) is 5.92 Å². The van der Waals surface area contributed by atoms with Gasteiger partial charge < -0.3 is 10.8 Å². The number of benzene rings is 2. The maximum atomic E-state index is 11.3. The molecule has 0 saturated heterocycles. The van der Waals surface area contributed by atoms with Crippen molar-refractivity contribution in [1.82, 2.24) is 0 Å². The van der Waals surface area contributed by atoms with Gasteiger partial charge in [-0.05, 0) is 24.1 Å². The Labute approximate surface area is 114 Å². The quantitative estimate of drug-likeness (QED) is 0.863. The lowest BCUT2D eigenvalue weighted by Gasteiger charge is -2.36. The summed E-state index contributed by atoms with van der Waals surface area (Å²) in [5.74, 6) is -0.00250. The van der Waals surface area contributed by atoms with Crippen molar-refractivity contribution in [2.75, 3.05) is 6.54 Å². The minimum atomic E-state index is -1.02. The molecule has 0 radical (unpaired) electrons. The van der Waals surface area contributed by atoms with Crippen LogP contribution in [0.3, 0.4) is 0 Å². The van der Waals surface area contributed by atoms with E-state index in [0.29, 0.717) is 6.54 Å². The third-order valence-corrected chi connectivity index (χ3v) is 3.80. The molecule has 0 bridgehead atoms. The van der Waals surface area contributed by atoms with Crippen molar-refractivity contribution in [3.05, 3.63) is 71.8 Å². The first-order chi connectivity index (χ1) is 9.23. The lowest BCUT2D eigenvalue weighted by Crippen LogP contribution is -2.40. The van der Waals surface area contributed by atoms with E-state index in [2.05, 4.69) is 6.92 Å². The molecule has 2 heteroatoms. The van der Waals surface area contributed by atoms with E-state index in [1.165, 1.54) is 0 Å². The molecule has 19 heavy (non-hydrogen) atoms. The van der Waals surface area contributed by atoms with Crippen LogP contribution in [-0.2, 0) is 5.60 Å². The zero-order valence-electron chi connectivity index (χ0n) is 11.3. The molecular formula is C17H21NO. The first-order valence-electron chi connectivity index (χ1n) is 6.77. The summed E-state index contributed by atoms with van der Waals surface area (Å²) in [5.41, 5.74) is 6.67. The van der Waals surface area contributed by atoms with Gasteiger partial charge in [-0.1, -0.05) is 67.6 Å². The fraction of sp³-hybridized carbons (Fsp3) is 0.294. The Kier molecular flexibility index (Phi) is 4.35. The molecule has 0 aliphatic rings. The SMILES string of the molecule is CC[C@H](CN)C(O)(c1ccccc1)c1ccccc1.